The molecule has 5 aliphatic rings. The van der Waals surface area contributed by atoms with E-state index in [0.717, 1.165) is 17.8 Å². The molecular weight excluding hydrogens is 468 g/mol. The third-order valence-electron chi connectivity index (χ3n) is 12.7. The van der Waals surface area contributed by atoms with E-state index >= 15 is 0 Å². The summed E-state index contributed by atoms with van der Waals surface area (Å²) in [5.74, 6) is 3.25. The van der Waals surface area contributed by atoms with Crippen LogP contribution >= 0.6 is 0 Å². The van der Waals surface area contributed by atoms with Crippen LogP contribution in [0.1, 0.15) is 134 Å². The largest absolute Gasteiger partial charge is 0.124 e. The molecule has 0 nitrogen and oxygen atoms in total. The van der Waals surface area contributed by atoms with Crippen molar-refractivity contribution in [2.75, 3.05) is 0 Å². The predicted octanol–water partition coefficient (Wildman–Crippen LogP) is 11.3. The molecule has 1 spiro atoms. The molecule has 4 saturated carbocycles. The lowest BCUT2D eigenvalue weighted by Gasteiger charge is -2.58. The van der Waals surface area contributed by atoms with Gasteiger partial charge in [0.25, 0.3) is 0 Å². The van der Waals surface area contributed by atoms with E-state index in [2.05, 4.69) is 77.1 Å². The Bertz CT molecular complexity index is 1100. The summed E-state index contributed by atoms with van der Waals surface area (Å²) in [4.78, 5) is 0. The van der Waals surface area contributed by atoms with E-state index in [-0.39, 0.29) is 0 Å². The first kappa shape index (κ1) is 28.5. The predicted molar refractivity (Wildman–Crippen MR) is 169 cm³/mol. The second-order valence-electron chi connectivity index (χ2n) is 14.8. The van der Waals surface area contributed by atoms with Crippen molar-refractivity contribution in [3.63, 3.8) is 0 Å². The van der Waals surface area contributed by atoms with Crippen molar-refractivity contribution in [1.29, 1.82) is 0 Å². The van der Waals surface area contributed by atoms with E-state index in [4.69, 9.17) is 0 Å². The first-order valence-electron chi connectivity index (χ1n) is 16.2. The SMILES string of the molecule is C#C.C=CCCCC1CCC2C3CCC4(C)CC5(CCCC5)CCC4=C3C(c3ccc(C(=C)C)cc3)CC12C. The van der Waals surface area contributed by atoms with E-state index in [0.29, 0.717) is 22.2 Å². The summed E-state index contributed by atoms with van der Waals surface area (Å²) in [6, 6.07) is 9.69. The number of terminal acetylenes is 1. The second kappa shape index (κ2) is 11.1. The van der Waals surface area contributed by atoms with Gasteiger partial charge in [0.2, 0.25) is 0 Å². The highest BCUT2D eigenvalue weighted by atomic mass is 14.6. The van der Waals surface area contributed by atoms with Gasteiger partial charge in [-0.15, -0.1) is 19.4 Å². The zero-order valence-electron chi connectivity index (χ0n) is 25.4. The molecular formula is C39H54. The minimum atomic E-state index is 0.458. The Labute approximate surface area is 240 Å². The quantitative estimate of drug-likeness (QED) is 0.198. The van der Waals surface area contributed by atoms with Crippen molar-refractivity contribution in [1.82, 2.24) is 0 Å². The molecule has 0 radical (unpaired) electrons. The summed E-state index contributed by atoms with van der Waals surface area (Å²) in [5, 5.41) is 0. The number of benzene rings is 1. The molecule has 39 heavy (non-hydrogen) atoms. The molecule has 6 unspecified atom stereocenters. The summed E-state index contributed by atoms with van der Waals surface area (Å²) in [7, 11) is 0. The molecule has 0 amide bonds. The summed E-state index contributed by atoms with van der Waals surface area (Å²) in [6.45, 7) is 15.8. The Morgan fingerprint density at radius 2 is 1.72 bits per heavy atom. The van der Waals surface area contributed by atoms with Gasteiger partial charge in [-0.1, -0.05) is 80.3 Å². The standard InChI is InChI=1S/C37H52.C2H2/c1-6-7-8-11-29-16-17-32-30-18-22-35(4)25-37(20-9-10-21-37)23-19-33(35)34(30)31(24-36(29,32)5)28-14-12-27(13-15-28)26(2)3;1-2/h6,12-15,29-32H,1-2,7-11,16-25H2,3-5H3;1-2H. The van der Waals surface area contributed by atoms with Crippen molar-refractivity contribution in [3.8, 4) is 12.8 Å². The van der Waals surface area contributed by atoms with Crippen LogP contribution < -0.4 is 0 Å². The van der Waals surface area contributed by atoms with Crippen LogP contribution in [0.4, 0.5) is 0 Å². The van der Waals surface area contributed by atoms with E-state index in [1.807, 2.05) is 11.1 Å². The van der Waals surface area contributed by atoms with Crippen LogP contribution in [0.2, 0.25) is 0 Å². The van der Waals surface area contributed by atoms with Gasteiger partial charge in [0.1, 0.15) is 0 Å². The van der Waals surface area contributed by atoms with Crippen molar-refractivity contribution in [3.05, 3.63) is 65.8 Å². The maximum absolute atomic E-state index is 4.21. The number of fused-ring (bicyclic) bond motifs is 4. The van der Waals surface area contributed by atoms with Crippen LogP contribution in [0.3, 0.4) is 0 Å². The first-order chi connectivity index (χ1) is 18.8. The monoisotopic (exact) mass is 522 g/mol. The van der Waals surface area contributed by atoms with E-state index in [1.54, 1.807) is 5.56 Å². The minimum absolute atomic E-state index is 0.458. The minimum Gasteiger partial charge on any atom is -0.124 e. The highest BCUT2D eigenvalue weighted by Crippen LogP contribution is 2.70. The molecule has 210 valence electrons. The molecule has 0 bridgehead atoms. The third kappa shape index (κ3) is 4.92. The van der Waals surface area contributed by atoms with Crippen molar-refractivity contribution < 1.29 is 0 Å². The second-order valence-corrected chi connectivity index (χ2v) is 14.8. The lowest BCUT2D eigenvalue weighted by Crippen LogP contribution is -2.47. The van der Waals surface area contributed by atoms with E-state index in [9.17, 15) is 0 Å². The van der Waals surface area contributed by atoms with Gasteiger partial charge in [-0.3, -0.25) is 0 Å². The summed E-state index contributed by atoms with van der Waals surface area (Å²) < 4.78 is 0. The molecule has 6 rings (SSSR count). The summed E-state index contributed by atoms with van der Waals surface area (Å²) in [5.41, 5.74) is 9.61. The average molecular weight is 523 g/mol. The number of unbranched alkanes of at least 4 members (excludes halogenated alkanes) is 1. The lowest BCUT2D eigenvalue weighted by atomic mass is 9.47. The fraction of sp³-hybridized carbons (Fsp3) is 0.641. The molecule has 5 aliphatic carbocycles. The summed E-state index contributed by atoms with van der Waals surface area (Å²) >= 11 is 0. The maximum atomic E-state index is 4.21. The Hall–Kier alpha value is -2.00. The normalized spacial score (nSPS) is 36.3. The zero-order chi connectivity index (χ0) is 27.8. The Morgan fingerprint density at radius 1 is 1.00 bits per heavy atom. The van der Waals surface area contributed by atoms with Gasteiger partial charge in [0.15, 0.2) is 0 Å². The average Bonchev–Trinajstić information content (AvgIpc) is 3.52. The van der Waals surface area contributed by atoms with Crippen LogP contribution in [0.5, 0.6) is 0 Å². The molecule has 0 aliphatic heterocycles. The van der Waals surface area contributed by atoms with Gasteiger partial charge in [-0.2, -0.15) is 0 Å². The Kier molecular flexibility index (Phi) is 8.13. The van der Waals surface area contributed by atoms with E-state index < -0.39 is 0 Å². The molecule has 6 atom stereocenters. The topological polar surface area (TPSA) is 0 Å². The molecule has 0 N–H and O–H groups in total. The zero-order valence-corrected chi connectivity index (χ0v) is 25.4. The molecule has 1 aromatic rings. The van der Waals surface area contributed by atoms with Gasteiger partial charge < -0.3 is 0 Å². The smallest absolute Gasteiger partial charge is 0.00593 e. The van der Waals surface area contributed by atoms with Gasteiger partial charge in [0, 0.05) is 5.92 Å². The third-order valence-corrected chi connectivity index (χ3v) is 12.7. The number of allylic oxidation sites excluding steroid dienone is 4. The first-order valence-corrected chi connectivity index (χ1v) is 16.2. The van der Waals surface area contributed by atoms with Gasteiger partial charge in [-0.05, 0) is 136 Å². The highest BCUT2D eigenvalue weighted by molar-refractivity contribution is 5.61. The fourth-order valence-corrected chi connectivity index (χ4v) is 10.9. The number of hydrogen-bond acceptors (Lipinski definition) is 0. The van der Waals surface area contributed by atoms with Crippen LogP contribution in [0, 0.1) is 46.8 Å². The van der Waals surface area contributed by atoms with Crippen molar-refractivity contribution in [2.45, 2.75) is 123 Å². The summed E-state index contributed by atoms with van der Waals surface area (Å²) in [6.07, 6.45) is 31.6. The Balaban J connectivity index is 0.00000151. The molecule has 0 aromatic heterocycles. The number of rotatable bonds is 6. The molecule has 1 aromatic carbocycles. The van der Waals surface area contributed by atoms with Crippen molar-refractivity contribution >= 4 is 5.57 Å². The van der Waals surface area contributed by atoms with Crippen LogP contribution in [-0.4, -0.2) is 0 Å². The van der Waals surface area contributed by atoms with Crippen LogP contribution in [0.15, 0.2) is 54.6 Å². The fourth-order valence-electron chi connectivity index (χ4n) is 10.9. The van der Waals surface area contributed by atoms with Gasteiger partial charge >= 0.3 is 0 Å². The van der Waals surface area contributed by atoms with Gasteiger partial charge in [0.05, 0.1) is 0 Å². The highest BCUT2D eigenvalue weighted by Gasteiger charge is 2.58. The lowest BCUT2D eigenvalue weighted by molar-refractivity contribution is 0.0320. The van der Waals surface area contributed by atoms with Crippen molar-refractivity contribution in [2.24, 2.45) is 34.0 Å². The molecule has 0 heterocycles. The molecule has 0 saturated heterocycles. The van der Waals surface area contributed by atoms with Crippen LogP contribution in [-0.2, 0) is 0 Å². The maximum Gasteiger partial charge on any atom is 0.00593 e. The molecule has 0 heteroatoms. The van der Waals surface area contributed by atoms with Crippen LogP contribution in [0.25, 0.3) is 5.57 Å². The van der Waals surface area contributed by atoms with Gasteiger partial charge in [-0.25, -0.2) is 0 Å². The Morgan fingerprint density at radius 3 is 2.38 bits per heavy atom. The van der Waals surface area contributed by atoms with E-state index in [1.165, 1.54) is 107 Å². The molecule has 4 fully saturated rings. The number of hydrogen-bond donors (Lipinski definition) is 0.